The first-order chi connectivity index (χ1) is 12.1. The molecule has 2 fully saturated rings. The highest BCUT2D eigenvalue weighted by Gasteiger charge is 2.41. The van der Waals surface area contributed by atoms with Gasteiger partial charge < -0.3 is 19.7 Å². The van der Waals surface area contributed by atoms with Crippen LogP contribution in [0.4, 0.5) is 16.4 Å². The van der Waals surface area contributed by atoms with Crippen LogP contribution in [-0.4, -0.2) is 50.2 Å². The predicted molar refractivity (Wildman–Crippen MR) is 96.8 cm³/mol. The second kappa shape index (κ2) is 8.01. The number of nitrogens with zero attached hydrogens (tertiary/aromatic N) is 2. The average Bonchev–Trinajstić information content (AvgIpc) is 2.85. The summed E-state index contributed by atoms with van der Waals surface area (Å²) in [6.07, 6.45) is 6.61. The summed E-state index contributed by atoms with van der Waals surface area (Å²) in [5.41, 5.74) is 0. The summed E-state index contributed by atoms with van der Waals surface area (Å²) < 4.78 is 12.1. The van der Waals surface area contributed by atoms with E-state index in [9.17, 15) is 4.79 Å². The van der Waals surface area contributed by atoms with Crippen molar-refractivity contribution in [1.29, 1.82) is 0 Å². The summed E-state index contributed by atoms with van der Waals surface area (Å²) >= 11 is 0. The second-order valence-corrected chi connectivity index (χ2v) is 6.99. The number of nitrogens with one attached hydrogen (secondary N) is 2. The van der Waals surface area contributed by atoms with Gasteiger partial charge in [0.2, 0.25) is 0 Å². The Labute approximate surface area is 149 Å². The Morgan fingerprint density at radius 2 is 2.04 bits per heavy atom. The highest BCUT2D eigenvalue weighted by molar-refractivity contribution is 5.88. The molecule has 0 radical (unpaired) electrons. The Balaban J connectivity index is 1.46. The summed E-state index contributed by atoms with van der Waals surface area (Å²) in [5.74, 6) is 0.897. The predicted octanol–water partition coefficient (Wildman–Crippen LogP) is 2.74. The number of carbonyl (C=O) groups is 1. The number of amides is 2. The number of carbonyl (C=O) groups excluding carboxylic acids is 1. The first-order valence-electron chi connectivity index (χ1n) is 9.07. The molecule has 1 aromatic rings. The van der Waals surface area contributed by atoms with Crippen LogP contribution in [0.25, 0.3) is 0 Å². The normalized spacial score (nSPS) is 22.4. The fraction of sp³-hybridized carbons (Fsp3) is 0.667. The molecule has 1 atom stereocenters. The summed E-state index contributed by atoms with van der Waals surface area (Å²) in [7, 11) is 3.82. The zero-order valence-corrected chi connectivity index (χ0v) is 15.1. The monoisotopic (exact) mass is 348 g/mol. The lowest BCUT2D eigenvalue weighted by atomic mass is 10.1. The lowest BCUT2D eigenvalue weighted by molar-refractivity contribution is -0.175. The van der Waals surface area contributed by atoms with Crippen molar-refractivity contribution >= 4 is 17.7 Å². The molecule has 1 aliphatic carbocycles. The second-order valence-electron chi connectivity index (χ2n) is 6.99. The molecule has 25 heavy (non-hydrogen) atoms. The van der Waals surface area contributed by atoms with Gasteiger partial charge >= 0.3 is 6.03 Å². The largest absolute Gasteiger partial charge is 0.363 e. The van der Waals surface area contributed by atoms with E-state index in [4.69, 9.17) is 9.47 Å². The quantitative estimate of drug-likeness (QED) is 0.875. The Morgan fingerprint density at radius 1 is 1.28 bits per heavy atom. The van der Waals surface area contributed by atoms with Crippen molar-refractivity contribution in [2.24, 2.45) is 0 Å². The number of pyridine rings is 1. The van der Waals surface area contributed by atoms with E-state index in [1.54, 1.807) is 6.07 Å². The number of urea groups is 1. The van der Waals surface area contributed by atoms with Crippen LogP contribution >= 0.6 is 0 Å². The van der Waals surface area contributed by atoms with E-state index < -0.39 is 5.79 Å². The zero-order chi connectivity index (χ0) is 17.7. The number of anilines is 2. The highest BCUT2D eigenvalue weighted by atomic mass is 16.7. The minimum Gasteiger partial charge on any atom is -0.363 e. The van der Waals surface area contributed by atoms with Gasteiger partial charge in [0.15, 0.2) is 5.79 Å². The smallest absolute Gasteiger partial charge is 0.320 e. The van der Waals surface area contributed by atoms with Gasteiger partial charge in [-0.25, -0.2) is 9.78 Å². The highest BCUT2D eigenvalue weighted by Crippen LogP contribution is 2.36. The molecule has 2 amide bonds. The molecule has 1 aromatic heterocycles. The molecule has 1 saturated heterocycles. The molecule has 1 spiro atoms. The molecule has 2 N–H and O–H groups in total. The van der Waals surface area contributed by atoms with Gasteiger partial charge in [0.25, 0.3) is 0 Å². The first kappa shape index (κ1) is 17.9. The van der Waals surface area contributed by atoms with Crippen LogP contribution in [0.15, 0.2) is 18.2 Å². The van der Waals surface area contributed by atoms with Crippen molar-refractivity contribution in [3.63, 3.8) is 0 Å². The third-order valence-corrected chi connectivity index (χ3v) is 4.70. The summed E-state index contributed by atoms with van der Waals surface area (Å²) in [4.78, 5) is 18.4. The number of rotatable bonds is 4. The van der Waals surface area contributed by atoms with Crippen molar-refractivity contribution in [2.75, 3.05) is 37.5 Å². The van der Waals surface area contributed by atoms with Crippen molar-refractivity contribution in [1.82, 2.24) is 10.3 Å². The average molecular weight is 348 g/mol. The molecule has 7 heteroatoms. The maximum Gasteiger partial charge on any atom is 0.320 e. The van der Waals surface area contributed by atoms with Gasteiger partial charge in [-0.05, 0) is 25.0 Å². The summed E-state index contributed by atoms with van der Waals surface area (Å²) in [6.45, 7) is 0.968. The van der Waals surface area contributed by atoms with Gasteiger partial charge in [-0.1, -0.05) is 18.9 Å². The topological polar surface area (TPSA) is 75.7 Å². The van der Waals surface area contributed by atoms with Gasteiger partial charge in [-0.3, -0.25) is 5.32 Å². The molecule has 7 nitrogen and oxygen atoms in total. The lowest BCUT2D eigenvalue weighted by Crippen LogP contribution is -2.38. The number of hydrogen-bond acceptors (Lipinski definition) is 5. The minimum atomic E-state index is -0.416. The maximum absolute atomic E-state index is 12.1. The molecule has 0 bridgehead atoms. The molecule has 2 aliphatic rings. The van der Waals surface area contributed by atoms with E-state index in [0.29, 0.717) is 19.0 Å². The maximum atomic E-state index is 12.1. The van der Waals surface area contributed by atoms with Gasteiger partial charge in [-0.2, -0.15) is 0 Å². The molecular weight excluding hydrogens is 320 g/mol. The Kier molecular flexibility index (Phi) is 5.75. The Morgan fingerprint density at radius 3 is 2.76 bits per heavy atom. The van der Waals surface area contributed by atoms with Gasteiger partial charge in [0.05, 0.1) is 6.61 Å². The first-order valence-corrected chi connectivity index (χ1v) is 9.07. The van der Waals surface area contributed by atoms with Crippen molar-refractivity contribution in [3.05, 3.63) is 18.2 Å². The molecule has 3 rings (SSSR count). The molecule has 0 unspecified atom stereocenters. The van der Waals surface area contributed by atoms with Gasteiger partial charge in [0.1, 0.15) is 17.7 Å². The van der Waals surface area contributed by atoms with E-state index in [-0.39, 0.29) is 12.1 Å². The molecule has 1 saturated carbocycles. The fourth-order valence-electron chi connectivity index (χ4n) is 3.36. The van der Waals surface area contributed by atoms with Crippen molar-refractivity contribution in [3.8, 4) is 0 Å². The van der Waals surface area contributed by atoms with Crippen LogP contribution in [0.1, 0.15) is 38.5 Å². The molecule has 138 valence electrons. The third kappa shape index (κ3) is 4.83. The van der Waals surface area contributed by atoms with E-state index in [2.05, 4.69) is 15.6 Å². The van der Waals surface area contributed by atoms with Crippen LogP contribution in [0.2, 0.25) is 0 Å². The van der Waals surface area contributed by atoms with Crippen molar-refractivity contribution in [2.45, 2.75) is 50.4 Å². The van der Waals surface area contributed by atoms with E-state index in [1.165, 1.54) is 12.8 Å². The Hall–Kier alpha value is -1.86. The van der Waals surface area contributed by atoms with Crippen molar-refractivity contribution < 1.29 is 14.3 Å². The molecule has 2 heterocycles. The van der Waals surface area contributed by atoms with E-state index in [1.807, 2.05) is 31.1 Å². The van der Waals surface area contributed by atoms with E-state index >= 15 is 0 Å². The zero-order valence-electron chi connectivity index (χ0n) is 15.1. The summed E-state index contributed by atoms with van der Waals surface area (Å²) in [5, 5.41) is 5.61. The van der Waals surface area contributed by atoms with Gasteiger partial charge in [0, 0.05) is 33.5 Å². The fourth-order valence-corrected chi connectivity index (χ4v) is 3.36. The van der Waals surface area contributed by atoms with Crippen LogP contribution in [-0.2, 0) is 9.47 Å². The Bertz CT molecular complexity index is 585. The lowest BCUT2D eigenvalue weighted by Gasteiger charge is -2.26. The van der Waals surface area contributed by atoms with Crippen LogP contribution in [0, 0.1) is 0 Å². The van der Waals surface area contributed by atoms with E-state index in [0.717, 1.165) is 31.5 Å². The van der Waals surface area contributed by atoms with Gasteiger partial charge in [-0.15, -0.1) is 0 Å². The molecule has 0 aromatic carbocycles. The summed E-state index contributed by atoms with van der Waals surface area (Å²) in [6, 6.07) is 5.23. The number of ether oxygens (including phenoxy) is 2. The number of aromatic nitrogens is 1. The number of hydrogen-bond donors (Lipinski definition) is 2. The van der Waals surface area contributed by atoms with Crippen LogP contribution in [0.5, 0.6) is 0 Å². The SMILES string of the molecule is CN(C)c1cccc(NC(=O)NC[C@H]2COC3(CCCCCC3)O2)n1. The van der Waals surface area contributed by atoms with Crippen LogP contribution < -0.4 is 15.5 Å². The minimum absolute atomic E-state index is 0.0927. The third-order valence-electron chi connectivity index (χ3n) is 4.70. The molecule has 1 aliphatic heterocycles. The molecular formula is C18H28N4O3. The van der Waals surface area contributed by atoms with Crippen LogP contribution in [0.3, 0.4) is 0 Å². The standard InChI is InChI=1S/C18H28N4O3/c1-22(2)16-9-7-8-15(20-16)21-17(23)19-12-14-13-24-18(25-14)10-5-3-4-6-11-18/h7-9,14H,3-6,10-13H2,1-2H3,(H2,19,20,21,23)/t14-/m0/s1.